The topological polar surface area (TPSA) is 55.4 Å². The Hall–Kier alpha value is -2.92. The van der Waals surface area contributed by atoms with E-state index >= 15 is 0 Å². The Labute approximate surface area is 175 Å². The lowest BCUT2D eigenvalue weighted by molar-refractivity contribution is -0.111. The third-order valence-corrected chi connectivity index (χ3v) is 5.60. The average molecular weight is 408 g/mol. The van der Waals surface area contributed by atoms with Crippen molar-refractivity contribution in [1.82, 2.24) is 0 Å². The van der Waals surface area contributed by atoms with Gasteiger partial charge in [0.05, 0.1) is 6.61 Å². The summed E-state index contributed by atoms with van der Waals surface area (Å²) in [6.07, 6.45) is 3.24. The van der Waals surface area contributed by atoms with Crippen molar-refractivity contribution in [3.8, 4) is 0 Å². The average Bonchev–Trinajstić information content (AvgIpc) is 3.04. The highest BCUT2D eigenvalue weighted by atomic mass is 32.1. The molecule has 1 N–H and O–H groups in total. The molecular weight excluding hydrogens is 382 g/mol. The lowest BCUT2D eigenvalue weighted by Crippen LogP contribution is -2.12. The lowest BCUT2D eigenvalue weighted by atomic mass is 9.87. The molecule has 0 radical (unpaired) electrons. The van der Waals surface area contributed by atoms with Gasteiger partial charge in [0.2, 0.25) is 5.91 Å². The molecule has 0 aliphatic heterocycles. The molecule has 0 fully saturated rings. The summed E-state index contributed by atoms with van der Waals surface area (Å²) in [4.78, 5) is 24.9. The molecule has 0 aliphatic rings. The quantitative estimate of drug-likeness (QED) is 0.415. The Morgan fingerprint density at radius 3 is 2.41 bits per heavy atom. The zero-order valence-corrected chi connectivity index (χ0v) is 17.9. The maximum Gasteiger partial charge on any atom is 0.341 e. The number of ether oxygens (including phenoxy) is 1. The highest BCUT2D eigenvalue weighted by Crippen LogP contribution is 2.36. The molecule has 0 saturated heterocycles. The minimum Gasteiger partial charge on any atom is -0.462 e. The van der Waals surface area contributed by atoms with Gasteiger partial charge in [-0.2, -0.15) is 0 Å². The van der Waals surface area contributed by atoms with Crippen LogP contribution in [0.1, 0.15) is 49.2 Å². The number of hydrogen-bond donors (Lipinski definition) is 1. The van der Waals surface area contributed by atoms with E-state index in [1.165, 1.54) is 23.0 Å². The van der Waals surface area contributed by atoms with E-state index in [0.29, 0.717) is 10.6 Å². The molecule has 1 heterocycles. The standard InChI is InChI=1S/C24H25NO3S/c1-5-28-23(27)21-18-8-6-7-9-19(18)29-22(21)25-20(26)15-12-16-10-13-17(14-11-16)24(2,3)4/h6-15H,5H2,1-4H3,(H,25,26)/b15-12+. The van der Waals surface area contributed by atoms with Crippen molar-refractivity contribution in [2.45, 2.75) is 33.1 Å². The smallest absolute Gasteiger partial charge is 0.341 e. The number of rotatable bonds is 5. The highest BCUT2D eigenvalue weighted by molar-refractivity contribution is 7.23. The van der Waals surface area contributed by atoms with Crippen LogP contribution in [-0.4, -0.2) is 18.5 Å². The summed E-state index contributed by atoms with van der Waals surface area (Å²) < 4.78 is 6.11. The third-order valence-electron chi connectivity index (χ3n) is 4.52. The summed E-state index contributed by atoms with van der Waals surface area (Å²) in [7, 11) is 0. The van der Waals surface area contributed by atoms with Crippen LogP contribution in [0.5, 0.6) is 0 Å². The molecule has 1 amide bonds. The first-order chi connectivity index (χ1) is 13.8. The molecule has 1 aromatic heterocycles. The monoisotopic (exact) mass is 407 g/mol. The van der Waals surface area contributed by atoms with Gasteiger partial charge in [0, 0.05) is 16.2 Å². The largest absolute Gasteiger partial charge is 0.462 e. The Bertz CT molecular complexity index is 1060. The zero-order valence-electron chi connectivity index (χ0n) is 17.1. The van der Waals surface area contributed by atoms with Crippen molar-refractivity contribution in [3.05, 3.63) is 71.3 Å². The molecule has 29 heavy (non-hydrogen) atoms. The number of hydrogen-bond acceptors (Lipinski definition) is 4. The maximum atomic E-state index is 12.5. The molecule has 3 aromatic rings. The number of carbonyl (C=O) groups excluding carboxylic acids is 2. The van der Waals surface area contributed by atoms with Crippen molar-refractivity contribution in [1.29, 1.82) is 0 Å². The molecule has 0 aliphatic carbocycles. The number of esters is 1. The van der Waals surface area contributed by atoms with E-state index in [1.54, 1.807) is 13.0 Å². The number of thiophene rings is 1. The van der Waals surface area contributed by atoms with Gasteiger partial charge in [-0.05, 0) is 35.6 Å². The van der Waals surface area contributed by atoms with E-state index in [1.807, 2.05) is 36.4 Å². The number of amides is 1. The predicted molar refractivity (Wildman–Crippen MR) is 121 cm³/mol. The van der Waals surface area contributed by atoms with Crippen LogP contribution in [-0.2, 0) is 14.9 Å². The summed E-state index contributed by atoms with van der Waals surface area (Å²) in [6, 6.07) is 15.7. The fourth-order valence-electron chi connectivity index (χ4n) is 2.96. The van der Waals surface area contributed by atoms with Gasteiger partial charge in [-0.3, -0.25) is 4.79 Å². The minimum absolute atomic E-state index is 0.0876. The van der Waals surface area contributed by atoms with Crippen molar-refractivity contribution in [2.24, 2.45) is 0 Å². The Kier molecular flexibility index (Phi) is 6.18. The normalized spacial score (nSPS) is 11.7. The van der Waals surface area contributed by atoms with Crippen molar-refractivity contribution < 1.29 is 14.3 Å². The fourth-order valence-corrected chi connectivity index (χ4v) is 4.05. The first-order valence-corrected chi connectivity index (χ1v) is 10.4. The minimum atomic E-state index is -0.429. The Balaban J connectivity index is 1.80. The zero-order chi connectivity index (χ0) is 21.0. The summed E-state index contributed by atoms with van der Waals surface area (Å²) in [6.45, 7) is 8.53. The molecule has 5 heteroatoms. The van der Waals surface area contributed by atoms with E-state index < -0.39 is 5.97 Å². The molecule has 0 atom stereocenters. The van der Waals surface area contributed by atoms with Gasteiger partial charge in [-0.15, -0.1) is 11.3 Å². The van der Waals surface area contributed by atoms with Gasteiger partial charge in [0.25, 0.3) is 0 Å². The lowest BCUT2D eigenvalue weighted by Gasteiger charge is -2.18. The molecule has 150 valence electrons. The van der Waals surface area contributed by atoms with Gasteiger partial charge in [-0.25, -0.2) is 4.79 Å². The first kappa shape index (κ1) is 20.8. The molecule has 3 rings (SSSR count). The first-order valence-electron chi connectivity index (χ1n) is 9.58. The number of nitrogens with one attached hydrogen (secondary N) is 1. The number of fused-ring (bicyclic) bond motifs is 1. The van der Waals surface area contributed by atoms with Gasteiger partial charge in [-0.1, -0.05) is 63.2 Å². The molecule has 4 nitrogen and oxygen atoms in total. The second-order valence-electron chi connectivity index (χ2n) is 7.72. The fraction of sp³-hybridized carbons (Fsp3) is 0.250. The summed E-state index contributed by atoms with van der Waals surface area (Å²) >= 11 is 1.37. The van der Waals surface area contributed by atoms with Crippen LogP contribution in [0, 0.1) is 0 Å². The van der Waals surface area contributed by atoms with E-state index in [-0.39, 0.29) is 17.9 Å². The Morgan fingerprint density at radius 1 is 1.07 bits per heavy atom. The van der Waals surface area contributed by atoms with Crippen molar-refractivity contribution >= 4 is 44.4 Å². The van der Waals surface area contributed by atoms with Crippen LogP contribution in [0.3, 0.4) is 0 Å². The van der Waals surface area contributed by atoms with Crippen LogP contribution in [0.25, 0.3) is 16.2 Å². The predicted octanol–water partition coefficient (Wildman–Crippen LogP) is 6.03. The van der Waals surface area contributed by atoms with E-state index in [0.717, 1.165) is 15.6 Å². The molecule has 0 saturated carbocycles. The molecular formula is C24H25NO3S. The van der Waals surface area contributed by atoms with Crippen LogP contribution < -0.4 is 5.32 Å². The molecule has 0 unspecified atom stereocenters. The summed E-state index contributed by atoms with van der Waals surface area (Å²) in [5.74, 6) is -0.719. The number of carbonyl (C=O) groups is 2. The van der Waals surface area contributed by atoms with E-state index in [2.05, 4.69) is 38.2 Å². The van der Waals surface area contributed by atoms with Crippen molar-refractivity contribution in [3.63, 3.8) is 0 Å². The summed E-state index contributed by atoms with van der Waals surface area (Å²) in [5.41, 5.74) is 2.67. The van der Waals surface area contributed by atoms with Gasteiger partial charge >= 0.3 is 5.97 Å². The Morgan fingerprint density at radius 2 is 1.76 bits per heavy atom. The third kappa shape index (κ3) is 4.93. The second-order valence-corrected chi connectivity index (χ2v) is 8.77. The molecule has 0 bridgehead atoms. The molecule has 2 aromatic carbocycles. The number of benzene rings is 2. The maximum absolute atomic E-state index is 12.5. The number of anilines is 1. The van der Waals surface area contributed by atoms with Crippen LogP contribution in [0.2, 0.25) is 0 Å². The van der Waals surface area contributed by atoms with E-state index in [4.69, 9.17) is 4.74 Å². The van der Waals surface area contributed by atoms with Gasteiger partial charge in [0.1, 0.15) is 10.6 Å². The van der Waals surface area contributed by atoms with Gasteiger partial charge in [0.15, 0.2) is 0 Å². The van der Waals surface area contributed by atoms with Crippen LogP contribution >= 0.6 is 11.3 Å². The van der Waals surface area contributed by atoms with E-state index in [9.17, 15) is 9.59 Å². The van der Waals surface area contributed by atoms with Gasteiger partial charge < -0.3 is 10.1 Å². The summed E-state index contributed by atoms with van der Waals surface area (Å²) in [5, 5.41) is 4.12. The second kappa shape index (κ2) is 8.62. The van der Waals surface area contributed by atoms with Crippen molar-refractivity contribution in [2.75, 3.05) is 11.9 Å². The van der Waals surface area contributed by atoms with Crippen LogP contribution in [0.4, 0.5) is 5.00 Å². The SMILES string of the molecule is CCOC(=O)c1c(NC(=O)/C=C/c2ccc(C(C)(C)C)cc2)sc2ccccc12. The van der Waals surface area contributed by atoms with Crippen LogP contribution in [0.15, 0.2) is 54.6 Å². The highest BCUT2D eigenvalue weighted by Gasteiger charge is 2.21. The molecule has 0 spiro atoms.